The number of aryl methyl sites for hydroxylation is 1. The molecule has 0 atom stereocenters. The Hall–Kier alpha value is -1.65. The summed E-state index contributed by atoms with van der Waals surface area (Å²) in [4.78, 5) is 1.73. The van der Waals surface area contributed by atoms with Crippen LogP contribution in [-0.4, -0.2) is 21.5 Å². The van der Waals surface area contributed by atoms with Crippen LogP contribution in [0.5, 0.6) is 0 Å². The van der Waals surface area contributed by atoms with Crippen LogP contribution >= 0.6 is 12.4 Å². The molecule has 1 aromatic carbocycles. The average Bonchev–Trinajstić information content (AvgIpc) is 2.83. The van der Waals surface area contributed by atoms with Gasteiger partial charge in [-0.05, 0) is 6.92 Å². The van der Waals surface area contributed by atoms with E-state index in [-0.39, 0.29) is 12.4 Å². The molecular formula is C14H19ClN4. The van der Waals surface area contributed by atoms with Crippen LogP contribution in [0.25, 0.3) is 11.3 Å². The number of aromatic nitrogens is 3. The van der Waals surface area contributed by atoms with Crippen molar-refractivity contribution in [3.63, 3.8) is 0 Å². The molecular weight excluding hydrogens is 260 g/mol. The van der Waals surface area contributed by atoms with Crippen LogP contribution in [0, 0.1) is 0 Å². The van der Waals surface area contributed by atoms with E-state index >= 15 is 0 Å². The van der Waals surface area contributed by atoms with Crippen LogP contribution in [0.3, 0.4) is 0 Å². The number of hydrogen-bond acceptors (Lipinski definition) is 3. The van der Waals surface area contributed by atoms with E-state index in [1.54, 1.807) is 4.80 Å². The molecule has 0 amide bonds. The van der Waals surface area contributed by atoms with Gasteiger partial charge in [0.2, 0.25) is 0 Å². The monoisotopic (exact) mass is 278 g/mol. The summed E-state index contributed by atoms with van der Waals surface area (Å²) in [7, 11) is 0. The summed E-state index contributed by atoms with van der Waals surface area (Å²) in [5.41, 5.74) is 3.03. The maximum atomic E-state index is 4.52. The van der Waals surface area contributed by atoms with Crippen molar-refractivity contribution in [3.05, 3.63) is 48.7 Å². The van der Waals surface area contributed by atoms with Gasteiger partial charge in [0.1, 0.15) is 11.4 Å². The second kappa shape index (κ2) is 7.71. The fourth-order valence-corrected chi connectivity index (χ4v) is 1.76. The van der Waals surface area contributed by atoms with E-state index in [4.69, 9.17) is 0 Å². The van der Waals surface area contributed by atoms with Gasteiger partial charge in [0, 0.05) is 18.7 Å². The Bertz CT molecular complexity index is 507. The molecule has 1 heterocycles. The van der Waals surface area contributed by atoms with Gasteiger partial charge in [-0.3, -0.25) is 0 Å². The van der Waals surface area contributed by atoms with Crippen molar-refractivity contribution in [3.8, 4) is 11.3 Å². The van der Waals surface area contributed by atoms with Crippen LogP contribution < -0.4 is 5.32 Å². The number of nitrogens with zero attached hydrogens (tertiary/aromatic N) is 3. The van der Waals surface area contributed by atoms with E-state index in [2.05, 4.69) is 34.2 Å². The molecule has 0 fully saturated rings. The van der Waals surface area contributed by atoms with Gasteiger partial charge < -0.3 is 5.32 Å². The van der Waals surface area contributed by atoms with Gasteiger partial charge >= 0.3 is 0 Å². The quantitative estimate of drug-likeness (QED) is 0.653. The van der Waals surface area contributed by atoms with E-state index in [0.29, 0.717) is 6.54 Å². The van der Waals surface area contributed by atoms with E-state index in [9.17, 15) is 0 Å². The van der Waals surface area contributed by atoms with Crippen LogP contribution in [0.2, 0.25) is 0 Å². The topological polar surface area (TPSA) is 42.7 Å². The van der Waals surface area contributed by atoms with Crippen LogP contribution in [-0.2, 0) is 13.1 Å². The highest BCUT2D eigenvalue weighted by Gasteiger charge is 2.11. The number of benzene rings is 1. The van der Waals surface area contributed by atoms with Crippen LogP contribution in [0.1, 0.15) is 12.6 Å². The first-order valence-corrected chi connectivity index (χ1v) is 6.16. The van der Waals surface area contributed by atoms with Gasteiger partial charge in [0.15, 0.2) is 0 Å². The fraction of sp³-hybridized carbons (Fsp3) is 0.286. The Kier molecular flexibility index (Phi) is 6.25. The smallest absolute Gasteiger partial charge is 0.117 e. The predicted octanol–water partition coefficient (Wildman–Crippen LogP) is 2.66. The molecule has 0 aliphatic heterocycles. The molecule has 2 aromatic rings. The molecule has 4 nitrogen and oxygen atoms in total. The normalized spacial score (nSPS) is 9.95. The van der Waals surface area contributed by atoms with Gasteiger partial charge in [-0.2, -0.15) is 15.0 Å². The van der Waals surface area contributed by atoms with E-state index in [1.807, 2.05) is 31.2 Å². The summed E-state index contributed by atoms with van der Waals surface area (Å²) in [5, 5.41) is 12.3. The number of hydrogen-bond donors (Lipinski definition) is 1. The average molecular weight is 279 g/mol. The third kappa shape index (κ3) is 3.91. The lowest BCUT2D eigenvalue weighted by atomic mass is 10.1. The summed E-state index contributed by atoms with van der Waals surface area (Å²) < 4.78 is 0. The number of nitrogens with one attached hydrogen (secondary N) is 1. The highest BCUT2D eigenvalue weighted by Crippen LogP contribution is 2.19. The predicted molar refractivity (Wildman–Crippen MR) is 80.3 cm³/mol. The van der Waals surface area contributed by atoms with Crippen molar-refractivity contribution in [2.75, 3.05) is 6.54 Å². The summed E-state index contributed by atoms with van der Waals surface area (Å²) in [6.07, 6.45) is 1.84. The lowest BCUT2D eigenvalue weighted by Gasteiger charge is -2.01. The second-order valence-corrected chi connectivity index (χ2v) is 3.97. The maximum Gasteiger partial charge on any atom is 0.117 e. The summed E-state index contributed by atoms with van der Waals surface area (Å²) in [6.45, 7) is 7.98. The lowest BCUT2D eigenvalue weighted by Crippen LogP contribution is -2.13. The van der Waals surface area contributed by atoms with Crippen LogP contribution in [0.15, 0.2) is 43.0 Å². The third-order valence-electron chi connectivity index (χ3n) is 2.64. The third-order valence-corrected chi connectivity index (χ3v) is 2.64. The molecule has 19 heavy (non-hydrogen) atoms. The largest absolute Gasteiger partial charge is 0.308 e. The van der Waals surface area contributed by atoms with E-state index in [0.717, 1.165) is 30.0 Å². The Morgan fingerprint density at radius 3 is 2.63 bits per heavy atom. The van der Waals surface area contributed by atoms with Gasteiger partial charge in [-0.25, -0.2) is 0 Å². The summed E-state index contributed by atoms with van der Waals surface area (Å²) in [6, 6.07) is 10.1. The van der Waals surface area contributed by atoms with Gasteiger partial charge in [-0.1, -0.05) is 36.4 Å². The number of rotatable bonds is 6. The molecule has 2 rings (SSSR count). The molecule has 1 N–H and O–H groups in total. The minimum Gasteiger partial charge on any atom is -0.308 e. The zero-order valence-electron chi connectivity index (χ0n) is 11.0. The van der Waals surface area contributed by atoms with Crippen molar-refractivity contribution in [2.45, 2.75) is 20.0 Å². The van der Waals surface area contributed by atoms with Gasteiger partial charge in [0.25, 0.3) is 0 Å². The first-order chi connectivity index (χ1) is 8.85. The molecule has 0 aliphatic rings. The number of halogens is 1. The molecule has 0 spiro atoms. The molecule has 1 aromatic heterocycles. The molecule has 102 valence electrons. The second-order valence-electron chi connectivity index (χ2n) is 3.97. The van der Waals surface area contributed by atoms with Gasteiger partial charge in [0.05, 0.1) is 6.54 Å². The molecule has 0 saturated heterocycles. The highest BCUT2D eigenvalue weighted by atomic mass is 35.5. The van der Waals surface area contributed by atoms with Crippen LogP contribution in [0.4, 0.5) is 0 Å². The zero-order valence-corrected chi connectivity index (χ0v) is 11.9. The maximum absolute atomic E-state index is 4.52. The van der Waals surface area contributed by atoms with Gasteiger partial charge in [-0.15, -0.1) is 19.0 Å². The van der Waals surface area contributed by atoms with E-state index < -0.39 is 0 Å². The summed E-state index contributed by atoms with van der Waals surface area (Å²) >= 11 is 0. The van der Waals surface area contributed by atoms with Crippen molar-refractivity contribution in [1.82, 2.24) is 20.3 Å². The SMILES string of the molecule is C=CCNCc1nn(CC)nc1-c1ccccc1.Cl. The fourth-order valence-electron chi connectivity index (χ4n) is 1.76. The lowest BCUT2D eigenvalue weighted by molar-refractivity contribution is 0.560. The molecule has 5 heteroatoms. The Morgan fingerprint density at radius 1 is 1.26 bits per heavy atom. The van der Waals surface area contributed by atoms with Crippen molar-refractivity contribution in [1.29, 1.82) is 0 Å². The zero-order chi connectivity index (χ0) is 12.8. The van der Waals surface area contributed by atoms with Crippen molar-refractivity contribution >= 4 is 12.4 Å². The molecule has 0 unspecified atom stereocenters. The summed E-state index contributed by atoms with van der Waals surface area (Å²) in [5.74, 6) is 0. The first-order valence-electron chi connectivity index (χ1n) is 6.16. The molecule has 0 aliphatic carbocycles. The highest BCUT2D eigenvalue weighted by molar-refractivity contribution is 5.85. The van der Waals surface area contributed by atoms with E-state index in [1.165, 1.54) is 0 Å². The Morgan fingerprint density at radius 2 is 2.00 bits per heavy atom. The molecule has 0 bridgehead atoms. The first kappa shape index (κ1) is 15.4. The Balaban J connectivity index is 0.00000180. The Labute approximate surface area is 119 Å². The standard InChI is InChI=1S/C14H18N4.ClH/c1-3-10-15-11-13-14(17-18(4-2)16-13)12-8-6-5-7-9-12;/h3,5-9,15H,1,4,10-11H2,2H3;1H. The minimum absolute atomic E-state index is 0. The molecule has 0 saturated carbocycles. The minimum atomic E-state index is 0. The molecule has 0 radical (unpaired) electrons. The van der Waals surface area contributed by atoms with Crippen molar-refractivity contribution < 1.29 is 0 Å². The van der Waals surface area contributed by atoms with Crippen molar-refractivity contribution in [2.24, 2.45) is 0 Å².